The van der Waals surface area contributed by atoms with Gasteiger partial charge in [0.25, 0.3) is 0 Å². The summed E-state index contributed by atoms with van der Waals surface area (Å²) in [5, 5.41) is 19.5. The lowest BCUT2D eigenvalue weighted by molar-refractivity contribution is -0.143. The van der Waals surface area contributed by atoms with Gasteiger partial charge in [-0.15, -0.1) is 0 Å². The highest BCUT2D eigenvalue weighted by Crippen LogP contribution is 2.55. The Labute approximate surface area is 275 Å². The van der Waals surface area contributed by atoms with E-state index in [-0.39, 0.29) is 26.1 Å². The Hall–Kier alpha value is -3.88. The molecule has 2 N–H and O–H groups in total. The first kappa shape index (κ1) is 32.5. The zero-order valence-corrected chi connectivity index (χ0v) is 26.7. The minimum atomic E-state index is -0.940. The van der Waals surface area contributed by atoms with Gasteiger partial charge in [-0.2, -0.15) is 25.3 Å². The molecule has 1 aliphatic rings. The van der Waals surface area contributed by atoms with Crippen LogP contribution in [0.15, 0.2) is 109 Å². The van der Waals surface area contributed by atoms with Gasteiger partial charge in [-0.1, -0.05) is 84.9 Å². The van der Waals surface area contributed by atoms with Crippen LogP contribution in [0.5, 0.6) is 11.5 Å². The van der Waals surface area contributed by atoms with Crippen LogP contribution in [0.4, 0.5) is 0 Å². The van der Waals surface area contributed by atoms with Crippen LogP contribution in [0.3, 0.4) is 0 Å². The minimum Gasteiger partial charge on any atom is -0.494 e. The Morgan fingerprint density at radius 3 is 1.31 bits per heavy atom. The molecule has 4 atom stereocenters. The van der Waals surface area contributed by atoms with Crippen molar-refractivity contribution in [3.05, 3.63) is 120 Å². The molecule has 0 aromatic heterocycles. The number of benzene rings is 4. The molecule has 5 rings (SSSR count). The normalized spacial score (nSPS) is 15.6. The predicted octanol–water partition coefficient (Wildman–Crippen LogP) is 7.67. The molecular formula is C37H38O6S2. The number of carboxylic acid groups (broad SMARTS) is 2. The molecule has 0 fully saturated rings. The van der Waals surface area contributed by atoms with Crippen molar-refractivity contribution in [1.82, 2.24) is 0 Å². The van der Waals surface area contributed by atoms with Crippen molar-refractivity contribution in [2.75, 3.05) is 13.2 Å². The highest BCUT2D eigenvalue weighted by molar-refractivity contribution is 7.81. The van der Waals surface area contributed by atoms with Crippen molar-refractivity contribution in [2.24, 2.45) is 11.8 Å². The van der Waals surface area contributed by atoms with Crippen molar-refractivity contribution in [1.29, 1.82) is 0 Å². The Morgan fingerprint density at radius 2 is 0.933 bits per heavy atom. The maximum atomic E-state index is 12.6. The number of aliphatic carboxylic acids is 2. The van der Waals surface area contributed by atoms with E-state index in [2.05, 4.69) is 24.3 Å². The minimum absolute atomic E-state index is 0.232. The average molecular weight is 643 g/mol. The zero-order chi connectivity index (χ0) is 31.8. The van der Waals surface area contributed by atoms with Crippen molar-refractivity contribution in [2.45, 2.75) is 41.6 Å². The Bertz CT molecular complexity index is 1460. The summed E-state index contributed by atoms with van der Waals surface area (Å²) in [6.45, 7) is 0.464. The first-order chi connectivity index (χ1) is 21.8. The molecule has 1 aliphatic carbocycles. The van der Waals surface area contributed by atoms with Gasteiger partial charge in [0, 0.05) is 15.9 Å². The largest absolute Gasteiger partial charge is 0.494 e. The lowest BCUT2D eigenvalue weighted by atomic mass is 9.68. The third-order valence-electron chi connectivity index (χ3n) is 8.74. The zero-order valence-electron chi connectivity index (χ0n) is 24.9. The number of carbonyl (C=O) groups is 2. The number of hydrogen-bond donors (Lipinski definition) is 4. The van der Waals surface area contributed by atoms with E-state index in [9.17, 15) is 19.8 Å². The highest BCUT2D eigenvalue weighted by Gasteiger charge is 2.47. The third kappa shape index (κ3) is 7.51. The maximum absolute atomic E-state index is 12.6. The van der Waals surface area contributed by atoms with E-state index in [4.69, 9.17) is 34.7 Å². The first-order valence-electron chi connectivity index (χ1n) is 15.2. The van der Waals surface area contributed by atoms with Crippen LogP contribution in [0.25, 0.3) is 11.1 Å². The number of rotatable bonds is 16. The summed E-state index contributed by atoms with van der Waals surface area (Å²) in [5.41, 5.74) is 3.51. The lowest BCUT2D eigenvalue weighted by Crippen LogP contribution is -2.39. The summed E-state index contributed by atoms with van der Waals surface area (Å²) in [6, 6.07) is 34.8. The number of hydrogen-bond acceptors (Lipinski definition) is 6. The topological polar surface area (TPSA) is 93.1 Å². The smallest absolute Gasteiger partial charge is 0.307 e. The van der Waals surface area contributed by atoms with Crippen LogP contribution in [0, 0.1) is 11.8 Å². The Morgan fingerprint density at radius 1 is 0.578 bits per heavy atom. The van der Waals surface area contributed by atoms with Gasteiger partial charge < -0.3 is 19.7 Å². The molecule has 0 radical (unpaired) electrons. The van der Waals surface area contributed by atoms with Crippen molar-refractivity contribution in [3.8, 4) is 22.6 Å². The molecule has 0 heterocycles. The summed E-state index contributed by atoms with van der Waals surface area (Å²) in [5.74, 6) is -2.10. The fourth-order valence-electron chi connectivity index (χ4n) is 6.54. The predicted molar refractivity (Wildman–Crippen MR) is 183 cm³/mol. The molecule has 0 saturated carbocycles. The lowest BCUT2D eigenvalue weighted by Gasteiger charge is -2.38. The van der Waals surface area contributed by atoms with Gasteiger partial charge in [0.1, 0.15) is 11.5 Å². The number of ether oxygens (including phenoxy) is 2. The second-order valence-corrected chi connectivity index (χ2v) is 12.8. The van der Waals surface area contributed by atoms with Crippen LogP contribution >= 0.6 is 25.3 Å². The number of fused-ring (bicyclic) bond motifs is 3. The summed E-state index contributed by atoms with van der Waals surface area (Å²) in [6.07, 6.45) is 1.32. The molecule has 0 spiro atoms. The van der Waals surface area contributed by atoms with Gasteiger partial charge >= 0.3 is 11.9 Å². The van der Waals surface area contributed by atoms with E-state index >= 15 is 0 Å². The second-order valence-electron chi connectivity index (χ2n) is 11.5. The molecule has 0 saturated heterocycles. The average Bonchev–Trinajstić information content (AvgIpc) is 3.31. The maximum Gasteiger partial charge on any atom is 0.307 e. The van der Waals surface area contributed by atoms with Crippen LogP contribution in [0.1, 0.15) is 36.8 Å². The molecular weight excluding hydrogens is 605 g/mol. The van der Waals surface area contributed by atoms with Gasteiger partial charge in [0.05, 0.1) is 25.0 Å². The molecule has 45 heavy (non-hydrogen) atoms. The second kappa shape index (κ2) is 14.9. The standard InChI is InChI=1S/C37H38O6S2/c38-35(39)29(19-21-42-25-11-3-1-4-12-25)33(44)23-37(31-17-9-7-15-27(31)28-16-8-10-18-32(28)37)24-34(45)30(36(40)41)20-22-43-26-13-5-2-6-14-26/h1-18,29-30,33-34,44-45H,19-24H2,(H,38,39)(H,40,41). The highest BCUT2D eigenvalue weighted by atomic mass is 32.1. The van der Waals surface area contributed by atoms with Crippen LogP contribution in [0.2, 0.25) is 0 Å². The van der Waals surface area contributed by atoms with E-state index in [0.29, 0.717) is 24.3 Å². The fraction of sp³-hybridized carbons (Fsp3) is 0.297. The van der Waals surface area contributed by atoms with Gasteiger partial charge in [-0.05, 0) is 72.2 Å². The molecule has 4 aromatic carbocycles. The van der Waals surface area contributed by atoms with Crippen LogP contribution < -0.4 is 9.47 Å². The van der Waals surface area contributed by atoms with Crippen molar-refractivity contribution < 1.29 is 29.3 Å². The molecule has 0 amide bonds. The molecule has 4 unspecified atom stereocenters. The van der Waals surface area contributed by atoms with Gasteiger partial charge in [0.2, 0.25) is 0 Å². The summed E-state index contributed by atoms with van der Waals surface area (Å²) in [7, 11) is 0. The SMILES string of the molecule is O=C(O)C(CCOc1ccccc1)C(S)CC1(CC(S)C(CCOc2ccccc2)C(=O)O)c2ccccc2-c2ccccc21. The van der Waals surface area contributed by atoms with Gasteiger partial charge in [-0.3, -0.25) is 9.59 Å². The van der Waals surface area contributed by atoms with E-state index in [1.807, 2.05) is 84.9 Å². The number of para-hydroxylation sites is 2. The Balaban J connectivity index is 1.42. The fourth-order valence-corrected chi connectivity index (χ4v) is 7.72. The summed E-state index contributed by atoms with van der Waals surface area (Å²) >= 11 is 9.90. The number of thiol groups is 2. The summed E-state index contributed by atoms with van der Waals surface area (Å²) < 4.78 is 11.7. The molecule has 8 heteroatoms. The Kier molecular flexibility index (Phi) is 10.8. The van der Waals surface area contributed by atoms with Crippen molar-refractivity contribution >= 4 is 37.2 Å². The van der Waals surface area contributed by atoms with E-state index in [1.165, 1.54) is 0 Å². The molecule has 0 bridgehead atoms. The quantitative estimate of drug-likeness (QED) is 0.0938. The van der Waals surface area contributed by atoms with Crippen LogP contribution in [-0.2, 0) is 15.0 Å². The monoisotopic (exact) mass is 642 g/mol. The third-order valence-corrected chi connectivity index (χ3v) is 9.82. The van der Waals surface area contributed by atoms with E-state index in [0.717, 1.165) is 22.3 Å². The van der Waals surface area contributed by atoms with Gasteiger partial charge in [-0.25, -0.2) is 0 Å². The van der Waals surface area contributed by atoms with E-state index < -0.39 is 39.7 Å². The van der Waals surface area contributed by atoms with Gasteiger partial charge in [0.15, 0.2) is 0 Å². The number of carboxylic acids is 2. The molecule has 6 nitrogen and oxygen atoms in total. The summed E-state index contributed by atoms with van der Waals surface area (Å²) in [4.78, 5) is 25.2. The molecule has 0 aliphatic heterocycles. The molecule has 4 aromatic rings. The van der Waals surface area contributed by atoms with Crippen molar-refractivity contribution in [3.63, 3.8) is 0 Å². The van der Waals surface area contributed by atoms with Crippen LogP contribution in [-0.4, -0.2) is 45.9 Å². The van der Waals surface area contributed by atoms with E-state index in [1.54, 1.807) is 0 Å². The molecule has 234 valence electrons. The first-order valence-corrected chi connectivity index (χ1v) is 16.2.